The minimum atomic E-state index is -0.400. The molecule has 2 atom stereocenters. The monoisotopic (exact) mass is 477 g/mol. The number of ketones is 1. The van der Waals surface area contributed by atoms with Crippen LogP contribution in [0, 0.1) is 17.6 Å². The zero-order valence-corrected chi connectivity index (χ0v) is 19.8. The number of nitrogens with zero attached hydrogens (tertiary/aromatic N) is 1. The van der Waals surface area contributed by atoms with Crippen molar-refractivity contribution in [2.24, 2.45) is 5.92 Å². The number of hydrogen-bond acceptors (Lipinski definition) is 3. The fraction of sp³-hybridized carbons (Fsp3) is 0.310. The van der Waals surface area contributed by atoms with E-state index in [2.05, 4.69) is 6.92 Å². The topological polar surface area (TPSA) is 46.6 Å². The van der Waals surface area contributed by atoms with Gasteiger partial charge in [0.1, 0.15) is 17.4 Å². The molecule has 182 valence electrons. The highest BCUT2D eigenvalue weighted by molar-refractivity contribution is 6.04. The number of carbonyl (C=O) groups excluding carboxylic acids is 2. The van der Waals surface area contributed by atoms with Crippen LogP contribution in [0.25, 0.3) is 0 Å². The molecule has 4 rings (SSSR count). The summed E-state index contributed by atoms with van der Waals surface area (Å²) in [6.07, 6.45) is 3.79. The van der Waals surface area contributed by atoms with Crippen molar-refractivity contribution in [2.75, 3.05) is 11.5 Å². The van der Waals surface area contributed by atoms with E-state index in [1.54, 1.807) is 17.0 Å². The molecule has 6 heteroatoms. The third kappa shape index (κ3) is 5.76. The van der Waals surface area contributed by atoms with E-state index in [1.165, 1.54) is 36.4 Å². The van der Waals surface area contributed by atoms with Gasteiger partial charge in [-0.05, 0) is 79.1 Å². The van der Waals surface area contributed by atoms with Gasteiger partial charge in [0.15, 0.2) is 5.78 Å². The molecular weight excluding hydrogens is 448 g/mol. The van der Waals surface area contributed by atoms with Gasteiger partial charge in [0.2, 0.25) is 5.91 Å². The van der Waals surface area contributed by atoms with Crippen molar-refractivity contribution < 1.29 is 23.1 Å². The SMILES string of the molecule is CCCCCOc1ccc(C2C(CCC(=O)c3ccc(F)cc3)C(=O)N2c2ccc(F)cc2)cc1. The predicted molar refractivity (Wildman–Crippen MR) is 132 cm³/mol. The number of β-lactam (4-membered cyclic amide) rings is 1. The molecule has 0 aliphatic carbocycles. The number of benzene rings is 3. The molecule has 0 radical (unpaired) electrons. The number of hydrogen-bond donors (Lipinski definition) is 0. The van der Waals surface area contributed by atoms with E-state index >= 15 is 0 Å². The van der Waals surface area contributed by atoms with Gasteiger partial charge in [0.05, 0.1) is 18.6 Å². The highest BCUT2D eigenvalue weighted by Crippen LogP contribution is 2.46. The molecule has 0 spiro atoms. The highest BCUT2D eigenvalue weighted by Gasteiger charge is 2.48. The number of amides is 1. The summed E-state index contributed by atoms with van der Waals surface area (Å²) in [5, 5.41) is 0. The van der Waals surface area contributed by atoms with Gasteiger partial charge in [-0.3, -0.25) is 9.59 Å². The zero-order valence-electron chi connectivity index (χ0n) is 19.8. The first kappa shape index (κ1) is 24.6. The Kier molecular flexibility index (Phi) is 7.91. The van der Waals surface area contributed by atoms with E-state index in [0.717, 1.165) is 30.6 Å². The maximum Gasteiger partial charge on any atom is 0.233 e. The largest absolute Gasteiger partial charge is 0.494 e. The number of ether oxygens (including phenoxy) is 1. The summed E-state index contributed by atoms with van der Waals surface area (Å²) in [6.45, 7) is 2.80. The van der Waals surface area contributed by atoms with Gasteiger partial charge in [-0.25, -0.2) is 8.78 Å². The van der Waals surface area contributed by atoms with Crippen LogP contribution < -0.4 is 9.64 Å². The normalized spacial score (nSPS) is 17.2. The molecule has 1 saturated heterocycles. The number of unbranched alkanes of at least 4 members (excludes halogenated alkanes) is 2. The molecule has 1 amide bonds. The van der Waals surface area contributed by atoms with Crippen LogP contribution in [0.5, 0.6) is 5.75 Å². The lowest BCUT2D eigenvalue weighted by Crippen LogP contribution is -2.55. The number of rotatable bonds is 11. The van der Waals surface area contributed by atoms with Crippen molar-refractivity contribution in [1.29, 1.82) is 0 Å². The Morgan fingerprint density at radius 3 is 2.14 bits per heavy atom. The summed E-state index contributed by atoms with van der Waals surface area (Å²) in [4.78, 5) is 27.4. The molecule has 1 fully saturated rings. The Hall–Kier alpha value is -3.54. The average Bonchev–Trinajstić information content (AvgIpc) is 2.87. The van der Waals surface area contributed by atoms with Crippen molar-refractivity contribution >= 4 is 17.4 Å². The van der Waals surface area contributed by atoms with Crippen LogP contribution >= 0.6 is 0 Å². The van der Waals surface area contributed by atoms with Crippen LogP contribution in [0.2, 0.25) is 0 Å². The minimum absolute atomic E-state index is 0.103. The second kappa shape index (κ2) is 11.3. The molecule has 2 unspecified atom stereocenters. The van der Waals surface area contributed by atoms with Crippen LogP contribution in [0.1, 0.15) is 61.0 Å². The van der Waals surface area contributed by atoms with Gasteiger partial charge >= 0.3 is 0 Å². The molecule has 0 saturated carbocycles. The molecule has 3 aromatic carbocycles. The lowest BCUT2D eigenvalue weighted by Gasteiger charge is -2.47. The van der Waals surface area contributed by atoms with Gasteiger partial charge < -0.3 is 9.64 Å². The van der Waals surface area contributed by atoms with Gasteiger partial charge in [-0.15, -0.1) is 0 Å². The summed E-state index contributed by atoms with van der Waals surface area (Å²) >= 11 is 0. The summed E-state index contributed by atoms with van der Waals surface area (Å²) in [5.74, 6) is -0.624. The van der Waals surface area contributed by atoms with E-state index in [-0.39, 0.29) is 35.9 Å². The third-order valence-corrected chi connectivity index (χ3v) is 6.41. The van der Waals surface area contributed by atoms with E-state index in [1.807, 2.05) is 24.3 Å². The smallest absolute Gasteiger partial charge is 0.233 e. The van der Waals surface area contributed by atoms with Crippen LogP contribution in [0.15, 0.2) is 72.8 Å². The van der Waals surface area contributed by atoms with E-state index < -0.39 is 5.82 Å². The summed E-state index contributed by atoms with van der Waals surface area (Å²) < 4.78 is 32.5. The van der Waals surface area contributed by atoms with E-state index in [9.17, 15) is 18.4 Å². The van der Waals surface area contributed by atoms with Crippen LogP contribution in [-0.2, 0) is 4.79 Å². The molecule has 35 heavy (non-hydrogen) atoms. The standard InChI is InChI=1S/C29H29F2NO3/c1-2-3-4-19-35-25-15-7-21(8-16-25)28-26(17-18-27(33)20-5-9-22(30)10-6-20)29(34)32(28)24-13-11-23(31)12-14-24/h5-16,26,28H,2-4,17-19H2,1H3. The Morgan fingerprint density at radius 2 is 1.51 bits per heavy atom. The molecule has 1 aliphatic rings. The van der Waals surface area contributed by atoms with Gasteiger partial charge in [-0.2, -0.15) is 0 Å². The van der Waals surface area contributed by atoms with Crippen molar-refractivity contribution in [3.8, 4) is 5.75 Å². The number of halogens is 2. The summed E-state index contributed by atoms with van der Waals surface area (Å²) in [5.41, 5.74) is 1.96. The highest BCUT2D eigenvalue weighted by atomic mass is 19.1. The molecule has 4 nitrogen and oxygen atoms in total. The molecule has 0 N–H and O–H groups in total. The van der Waals surface area contributed by atoms with E-state index in [4.69, 9.17) is 4.74 Å². The Bertz CT molecular complexity index is 1140. The first-order chi connectivity index (χ1) is 17.0. The number of anilines is 1. The first-order valence-corrected chi connectivity index (χ1v) is 12.1. The van der Waals surface area contributed by atoms with Crippen molar-refractivity contribution in [1.82, 2.24) is 0 Å². The molecule has 0 bridgehead atoms. The Labute approximate surface area is 204 Å². The van der Waals surface area contributed by atoms with Crippen molar-refractivity contribution in [3.05, 3.63) is 95.6 Å². The summed E-state index contributed by atoms with van der Waals surface area (Å²) in [6, 6.07) is 18.7. The third-order valence-electron chi connectivity index (χ3n) is 6.41. The Morgan fingerprint density at radius 1 is 0.886 bits per heavy atom. The molecule has 0 aromatic heterocycles. The second-order valence-electron chi connectivity index (χ2n) is 8.83. The van der Waals surface area contributed by atoms with Gasteiger partial charge in [0, 0.05) is 17.7 Å². The average molecular weight is 478 g/mol. The lowest BCUT2D eigenvalue weighted by molar-refractivity contribution is -0.130. The fourth-order valence-electron chi connectivity index (χ4n) is 4.47. The van der Waals surface area contributed by atoms with Crippen LogP contribution in [0.4, 0.5) is 14.5 Å². The number of carbonyl (C=O) groups is 2. The van der Waals surface area contributed by atoms with Crippen molar-refractivity contribution in [3.63, 3.8) is 0 Å². The molecular formula is C29H29F2NO3. The summed E-state index contributed by atoms with van der Waals surface area (Å²) in [7, 11) is 0. The van der Waals surface area contributed by atoms with Crippen LogP contribution in [-0.4, -0.2) is 18.3 Å². The predicted octanol–water partition coefficient (Wildman–Crippen LogP) is 6.90. The maximum absolute atomic E-state index is 13.5. The minimum Gasteiger partial charge on any atom is -0.494 e. The van der Waals surface area contributed by atoms with Gasteiger partial charge in [-0.1, -0.05) is 31.9 Å². The lowest BCUT2D eigenvalue weighted by atomic mass is 9.78. The molecule has 1 aliphatic heterocycles. The van der Waals surface area contributed by atoms with Crippen LogP contribution in [0.3, 0.4) is 0 Å². The molecule has 3 aromatic rings. The first-order valence-electron chi connectivity index (χ1n) is 12.1. The fourth-order valence-corrected chi connectivity index (χ4v) is 4.47. The maximum atomic E-state index is 13.5. The van der Waals surface area contributed by atoms with Crippen molar-refractivity contribution in [2.45, 2.75) is 45.1 Å². The number of Topliss-reactive ketones (excluding diaryl/α,β-unsaturated/α-hetero) is 1. The van der Waals surface area contributed by atoms with E-state index in [0.29, 0.717) is 24.3 Å². The second-order valence-corrected chi connectivity index (χ2v) is 8.83. The molecule has 1 heterocycles. The Balaban J connectivity index is 1.50. The zero-order chi connectivity index (χ0) is 24.8. The quantitative estimate of drug-likeness (QED) is 0.171. The van der Waals surface area contributed by atoms with Gasteiger partial charge in [0.25, 0.3) is 0 Å².